The highest BCUT2D eigenvalue weighted by atomic mass is 32.1. The normalized spacial score (nSPS) is 10.5. The Bertz CT molecular complexity index is 1220. The summed E-state index contributed by atoms with van der Waals surface area (Å²) in [6.07, 6.45) is 0. The maximum absolute atomic E-state index is 11.0. The molecule has 0 aliphatic carbocycles. The van der Waals surface area contributed by atoms with Gasteiger partial charge in [-0.3, -0.25) is 10.1 Å². The molecule has 1 aromatic heterocycles. The Balaban J connectivity index is 1.64. The Morgan fingerprint density at radius 1 is 1.00 bits per heavy atom. The lowest BCUT2D eigenvalue weighted by atomic mass is 10.2. The number of anilines is 2. The molecule has 4 rings (SSSR count). The molecule has 3 aromatic carbocycles. The highest BCUT2D eigenvalue weighted by Crippen LogP contribution is 2.41. The first-order valence-electron chi connectivity index (χ1n) is 9.08. The third-order valence-corrected chi connectivity index (χ3v) is 5.13. The van der Waals surface area contributed by atoms with Crippen LogP contribution in [0, 0.1) is 10.1 Å². The zero-order chi connectivity index (χ0) is 21.8. The van der Waals surface area contributed by atoms with Gasteiger partial charge in [0.25, 0.3) is 5.69 Å². The Morgan fingerprint density at radius 3 is 2.29 bits per heavy atom. The molecule has 0 radical (unpaired) electrons. The van der Waals surface area contributed by atoms with Gasteiger partial charge in [-0.05, 0) is 36.4 Å². The summed E-state index contributed by atoms with van der Waals surface area (Å²) in [7, 11) is 0. The number of hydrogen-bond donors (Lipinski definition) is 2. The average molecular weight is 433 g/mol. The second-order valence-corrected chi connectivity index (χ2v) is 7.34. The molecule has 1 heterocycles. The molecule has 0 spiro atoms. The van der Waals surface area contributed by atoms with E-state index < -0.39 is 10.9 Å². The van der Waals surface area contributed by atoms with Crippen LogP contribution in [0.2, 0.25) is 0 Å². The van der Waals surface area contributed by atoms with Crippen LogP contribution >= 0.6 is 11.3 Å². The molecule has 0 bridgehead atoms. The van der Waals surface area contributed by atoms with Crippen molar-refractivity contribution in [3.63, 3.8) is 0 Å². The van der Waals surface area contributed by atoms with E-state index in [9.17, 15) is 14.9 Å². The summed E-state index contributed by atoms with van der Waals surface area (Å²) in [6, 6.07) is 21.6. The van der Waals surface area contributed by atoms with Crippen LogP contribution in [0.1, 0.15) is 10.4 Å². The van der Waals surface area contributed by atoms with Crippen molar-refractivity contribution in [3.05, 3.63) is 94.5 Å². The van der Waals surface area contributed by atoms with Crippen molar-refractivity contribution in [1.82, 2.24) is 4.98 Å². The van der Waals surface area contributed by atoms with Crippen molar-refractivity contribution in [2.45, 2.75) is 0 Å². The second kappa shape index (κ2) is 8.64. The minimum Gasteiger partial charge on any atom is -0.478 e. The zero-order valence-electron chi connectivity index (χ0n) is 15.9. The fraction of sp³-hybridized carbons (Fsp3) is 0. The topological polar surface area (TPSA) is 115 Å². The number of nitro groups is 1. The number of non-ortho nitro benzene ring substituents is 1. The standard InChI is InChI=1S/C22H15N3O5S/c26-20(27)15-6-8-16(9-7-15)23-22-24-19(14-4-2-1-3-5-14)21(31-22)30-18-12-10-17(11-13-18)25(28)29/h1-13H,(H,23,24)(H,26,27). The summed E-state index contributed by atoms with van der Waals surface area (Å²) in [5.74, 6) is -0.547. The van der Waals surface area contributed by atoms with E-state index >= 15 is 0 Å². The number of aromatic carboxylic acids is 1. The number of nitrogens with zero attached hydrogens (tertiary/aromatic N) is 2. The summed E-state index contributed by atoms with van der Waals surface area (Å²) in [5, 5.41) is 24.1. The number of ether oxygens (including phenoxy) is 1. The lowest BCUT2D eigenvalue weighted by Crippen LogP contribution is -1.96. The Hall–Kier alpha value is -4.24. The van der Waals surface area contributed by atoms with E-state index in [1.165, 1.54) is 47.7 Å². The molecule has 0 unspecified atom stereocenters. The number of thiazole rings is 1. The number of nitro benzene ring substituents is 1. The summed E-state index contributed by atoms with van der Waals surface area (Å²) < 4.78 is 5.98. The van der Waals surface area contributed by atoms with Crippen molar-refractivity contribution in [2.24, 2.45) is 0 Å². The number of rotatable bonds is 7. The lowest BCUT2D eigenvalue weighted by Gasteiger charge is -2.05. The number of carboxylic acids is 1. The van der Waals surface area contributed by atoms with Gasteiger partial charge in [-0.1, -0.05) is 41.7 Å². The maximum atomic E-state index is 11.0. The van der Waals surface area contributed by atoms with Gasteiger partial charge in [0.05, 0.1) is 10.5 Å². The van der Waals surface area contributed by atoms with Crippen molar-refractivity contribution in [3.8, 4) is 22.1 Å². The van der Waals surface area contributed by atoms with Crippen LogP contribution in [0.4, 0.5) is 16.5 Å². The van der Waals surface area contributed by atoms with Gasteiger partial charge in [0.2, 0.25) is 5.06 Å². The smallest absolute Gasteiger partial charge is 0.335 e. The van der Waals surface area contributed by atoms with E-state index in [0.29, 0.717) is 27.3 Å². The zero-order valence-corrected chi connectivity index (χ0v) is 16.7. The molecule has 4 aromatic rings. The van der Waals surface area contributed by atoms with Crippen LogP contribution < -0.4 is 10.1 Å². The van der Waals surface area contributed by atoms with Crippen LogP contribution in [0.25, 0.3) is 11.3 Å². The predicted molar refractivity (Wildman–Crippen MR) is 117 cm³/mol. The molecule has 2 N–H and O–H groups in total. The molecular weight excluding hydrogens is 418 g/mol. The highest BCUT2D eigenvalue weighted by molar-refractivity contribution is 7.18. The van der Waals surface area contributed by atoms with Crippen molar-refractivity contribution < 1.29 is 19.6 Å². The van der Waals surface area contributed by atoms with Crippen LogP contribution in [0.5, 0.6) is 10.8 Å². The molecule has 154 valence electrons. The number of carbonyl (C=O) groups is 1. The van der Waals surface area contributed by atoms with E-state index in [1.807, 2.05) is 30.3 Å². The number of aromatic nitrogens is 1. The van der Waals surface area contributed by atoms with Gasteiger partial charge in [-0.2, -0.15) is 0 Å². The van der Waals surface area contributed by atoms with E-state index in [-0.39, 0.29) is 11.3 Å². The van der Waals surface area contributed by atoms with Crippen LogP contribution in [0.3, 0.4) is 0 Å². The first-order chi connectivity index (χ1) is 15.0. The van der Waals surface area contributed by atoms with Gasteiger partial charge in [0, 0.05) is 23.4 Å². The molecule has 0 atom stereocenters. The number of benzene rings is 3. The summed E-state index contributed by atoms with van der Waals surface area (Å²) in [6.45, 7) is 0. The third-order valence-electron chi connectivity index (χ3n) is 4.28. The molecule has 8 nitrogen and oxygen atoms in total. The van der Waals surface area contributed by atoms with E-state index in [4.69, 9.17) is 9.84 Å². The van der Waals surface area contributed by atoms with Crippen molar-refractivity contribution in [2.75, 3.05) is 5.32 Å². The Kier molecular flexibility index (Phi) is 5.59. The highest BCUT2D eigenvalue weighted by Gasteiger charge is 2.16. The van der Waals surface area contributed by atoms with Gasteiger partial charge in [-0.25, -0.2) is 9.78 Å². The van der Waals surface area contributed by atoms with E-state index in [0.717, 1.165) is 5.56 Å². The second-order valence-electron chi connectivity index (χ2n) is 6.38. The minimum atomic E-state index is -0.994. The molecule has 0 aliphatic heterocycles. The SMILES string of the molecule is O=C(O)c1ccc(Nc2nc(-c3ccccc3)c(Oc3ccc([N+](=O)[O-])cc3)s2)cc1. The Labute approximate surface area is 180 Å². The predicted octanol–water partition coefficient (Wildman–Crippen LogP) is 5.95. The molecule has 0 saturated carbocycles. The summed E-state index contributed by atoms with van der Waals surface area (Å²) in [5.41, 5.74) is 2.32. The van der Waals surface area contributed by atoms with Crippen LogP contribution in [-0.4, -0.2) is 21.0 Å². The maximum Gasteiger partial charge on any atom is 0.335 e. The Morgan fingerprint density at radius 2 is 1.68 bits per heavy atom. The van der Waals surface area contributed by atoms with Gasteiger partial charge >= 0.3 is 5.97 Å². The number of hydrogen-bond acceptors (Lipinski definition) is 7. The minimum absolute atomic E-state index is 0.0212. The number of nitrogens with one attached hydrogen (secondary N) is 1. The quantitative estimate of drug-likeness (QED) is 0.273. The molecule has 9 heteroatoms. The van der Waals surface area contributed by atoms with Crippen LogP contribution in [0.15, 0.2) is 78.9 Å². The first kappa shape index (κ1) is 20.0. The summed E-state index contributed by atoms with van der Waals surface area (Å²) in [4.78, 5) is 26.0. The largest absolute Gasteiger partial charge is 0.478 e. The van der Waals surface area contributed by atoms with Gasteiger partial charge in [0.15, 0.2) is 5.13 Å². The summed E-state index contributed by atoms with van der Waals surface area (Å²) >= 11 is 1.27. The third kappa shape index (κ3) is 4.68. The molecule has 0 saturated heterocycles. The monoisotopic (exact) mass is 433 g/mol. The average Bonchev–Trinajstić information content (AvgIpc) is 3.17. The van der Waals surface area contributed by atoms with Crippen molar-refractivity contribution >= 4 is 33.8 Å². The van der Waals surface area contributed by atoms with Crippen LogP contribution in [-0.2, 0) is 0 Å². The fourth-order valence-electron chi connectivity index (χ4n) is 2.77. The number of carboxylic acid groups (broad SMARTS) is 1. The van der Waals surface area contributed by atoms with E-state index in [2.05, 4.69) is 10.3 Å². The molecule has 0 aliphatic rings. The van der Waals surface area contributed by atoms with Crippen molar-refractivity contribution in [1.29, 1.82) is 0 Å². The fourth-order valence-corrected chi connectivity index (χ4v) is 3.65. The molecule has 0 amide bonds. The molecule has 31 heavy (non-hydrogen) atoms. The van der Waals surface area contributed by atoms with Gasteiger partial charge in [-0.15, -0.1) is 0 Å². The van der Waals surface area contributed by atoms with Gasteiger partial charge in [0.1, 0.15) is 11.4 Å². The van der Waals surface area contributed by atoms with Gasteiger partial charge < -0.3 is 15.2 Å². The van der Waals surface area contributed by atoms with E-state index in [1.54, 1.807) is 12.1 Å². The molecular formula is C22H15N3O5S. The molecule has 0 fully saturated rings. The lowest BCUT2D eigenvalue weighted by molar-refractivity contribution is -0.384. The first-order valence-corrected chi connectivity index (χ1v) is 9.90.